The number of pyridine rings is 1. The van der Waals surface area contributed by atoms with Crippen molar-refractivity contribution in [1.29, 1.82) is 0 Å². The van der Waals surface area contributed by atoms with Gasteiger partial charge in [-0.05, 0) is 79.0 Å². The Morgan fingerprint density at radius 1 is 1.26 bits per heavy atom. The van der Waals surface area contributed by atoms with Crippen LogP contribution in [0.1, 0.15) is 44.1 Å². The van der Waals surface area contributed by atoms with Crippen LogP contribution in [0.2, 0.25) is 0 Å². The monoisotopic (exact) mass is 382 g/mol. The highest BCUT2D eigenvalue weighted by molar-refractivity contribution is 9.10. The lowest BCUT2D eigenvalue weighted by molar-refractivity contribution is -0.157. The quantitative estimate of drug-likeness (QED) is 0.836. The number of aliphatic carboxylic acids is 1. The first-order valence-corrected chi connectivity index (χ1v) is 9.01. The number of hydrogen-bond donors (Lipinski definition) is 2. The van der Waals surface area contributed by atoms with Gasteiger partial charge >= 0.3 is 5.97 Å². The van der Waals surface area contributed by atoms with Crippen LogP contribution in [0, 0.1) is 5.41 Å². The van der Waals surface area contributed by atoms with Crippen molar-refractivity contribution in [1.82, 2.24) is 10.3 Å². The van der Waals surface area contributed by atoms with Gasteiger partial charge in [-0.2, -0.15) is 0 Å². The van der Waals surface area contributed by atoms with Crippen LogP contribution in [0.3, 0.4) is 0 Å². The van der Waals surface area contributed by atoms with E-state index in [1.165, 1.54) is 12.8 Å². The molecule has 0 aromatic carbocycles. The van der Waals surface area contributed by atoms with Gasteiger partial charge in [-0.25, -0.2) is 4.79 Å². The van der Waals surface area contributed by atoms with Gasteiger partial charge < -0.3 is 15.2 Å². The standard InChI is InChI=1S/C17H23BrN2O3/c18-14-11-20-8-1-13(14)17(23-12-15(21)22)4-2-16(3-5-17)6-9-19-10-7-16/h1,8,11,19H,2-7,9-10,12H2,(H,21,22). The number of ether oxygens (including phenoxy) is 1. The summed E-state index contributed by atoms with van der Waals surface area (Å²) in [4.78, 5) is 15.2. The number of rotatable bonds is 4. The molecule has 6 heteroatoms. The van der Waals surface area contributed by atoms with Gasteiger partial charge in [0.25, 0.3) is 0 Å². The molecule has 1 aromatic rings. The fourth-order valence-corrected chi connectivity index (χ4v) is 4.69. The van der Waals surface area contributed by atoms with E-state index in [0.29, 0.717) is 5.41 Å². The van der Waals surface area contributed by atoms with Crippen molar-refractivity contribution < 1.29 is 14.6 Å². The molecule has 126 valence electrons. The average molecular weight is 383 g/mol. The molecule has 1 saturated carbocycles. The molecule has 1 saturated heterocycles. The van der Waals surface area contributed by atoms with E-state index in [0.717, 1.165) is 48.8 Å². The first kappa shape index (κ1) is 16.9. The normalized spacial score (nSPS) is 22.8. The molecule has 1 spiro atoms. The van der Waals surface area contributed by atoms with Gasteiger partial charge in [-0.15, -0.1) is 0 Å². The molecule has 2 fully saturated rings. The van der Waals surface area contributed by atoms with Crippen LogP contribution in [0.25, 0.3) is 0 Å². The highest BCUT2D eigenvalue weighted by atomic mass is 79.9. The van der Waals surface area contributed by atoms with Crippen LogP contribution >= 0.6 is 15.9 Å². The van der Waals surface area contributed by atoms with E-state index in [-0.39, 0.29) is 6.61 Å². The molecule has 0 amide bonds. The molecule has 3 rings (SSSR count). The molecular weight excluding hydrogens is 360 g/mol. The molecule has 1 aliphatic heterocycles. The first-order valence-electron chi connectivity index (χ1n) is 8.22. The van der Waals surface area contributed by atoms with Crippen molar-refractivity contribution in [2.75, 3.05) is 19.7 Å². The number of hydrogen-bond acceptors (Lipinski definition) is 4. The van der Waals surface area contributed by atoms with E-state index in [1.807, 2.05) is 6.07 Å². The summed E-state index contributed by atoms with van der Waals surface area (Å²) in [7, 11) is 0. The van der Waals surface area contributed by atoms with Crippen molar-refractivity contribution in [3.05, 3.63) is 28.5 Å². The Morgan fingerprint density at radius 2 is 1.96 bits per heavy atom. The number of halogens is 1. The Hall–Kier alpha value is -0.980. The third-order valence-corrected chi connectivity index (χ3v) is 6.15. The second kappa shape index (κ2) is 6.87. The summed E-state index contributed by atoms with van der Waals surface area (Å²) in [5.74, 6) is -0.920. The topological polar surface area (TPSA) is 71.5 Å². The molecule has 0 unspecified atom stereocenters. The number of piperidine rings is 1. The second-order valence-electron chi connectivity index (χ2n) is 6.78. The number of nitrogens with one attached hydrogen (secondary N) is 1. The number of nitrogens with zero attached hydrogens (tertiary/aromatic N) is 1. The number of carboxylic acids is 1. The summed E-state index contributed by atoms with van der Waals surface area (Å²) in [5, 5.41) is 12.5. The van der Waals surface area contributed by atoms with Crippen molar-refractivity contribution in [3.8, 4) is 0 Å². The molecule has 1 aliphatic carbocycles. The van der Waals surface area contributed by atoms with Crippen molar-refractivity contribution in [2.24, 2.45) is 5.41 Å². The Kier molecular flexibility index (Phi) is 5.04. The van der Waals surface area contributed by atoms with E-state index < -0.39 is 11.6 Å². The summed E-state index contributed by atoms with van der Waals surface area (Å²) in [6.07, 6.45) is 9.83. The Morgan fingerprint density at radius 3 is 2.57 bits per heavy atom. The predicted molar refractivity (Wildman–Crippen MR) is 90.2 cm³/mol. The average Bonchev–Trinajstić information content (AvgIpc) is 2.56. The Bertz CT molecular complexity index is 563. The summed E-state index contributed by atoms with van der Waals surface area (Å²) < 4.78 is 6.85. The maximum absolute atomic E-state index is 11.0. The lowest BCUT2D eigenvalue weighted by atomic mass is 9.63. The van der Waals surface area contributed by atoms with Crippen molar-refractivity contribution in [3.63, 3.8) is 0 Å². The van der Waals surface area contributed by atoms with Gasteiger partial charge in [0.05, 0.1) is 5.60 Å². The lowest BCUT2D eigenvalue weighted by Crippen LogP contribution is -2.44. The molecule has 1 aromatic heterocycles. The minimum Gasteiger partial charge on any atom is -0.480 e. The maximum Gasteiger partial charge on any atom is 0.329 e. The SMILES string of the molecule is O=C(O)COC1(c2ccncc2Br)CCC2(CCNCC2)CC1. The number of aromatic nitrogens is 1. The fraction of sp³-hybridized carbons (Fsp3) is 0.647. The third kappa shape index (κ3) is 3.59. The molecule has 2 N–H and O–H groups in total. The van der Waals surface area contributed by atoms with Crippen LogP contribution < -0.4 is 5.32 Å². The molecule has 0 bridgehead atoms. The summed E-state index contributed by atoms with van der Waals surface area (Å²) in [6.45, 7) is 1.91. The van der Waals surface area contributed by atoms with Gasteiger partial charge in [0.2, 0.25) is 0 Å². The molecule has 2 heterocycles. The van der Waals surface area contributed by atoms with Crippen LogP contribution in [-0.2, 0) is 15.1 Å². The van der Waals surface area contributed by atoms with E-state index in [9.17, 15) is 4.79 Å². The van der Waals surface area contributed by atoms with E-state index >= 15 is 0 Å². The molecule has 5 nitrogen and oxygen atoms in total. The molecule has 23 heavy (non-hydrogen) atoms. The minimum atomic E-state index is -0.920. The predicted octanol–water partition coefficient (Wildman–Crippen LogP) is 3.08. The molecule has 0 radical (unpaired) electrons. The highest BCUT2D eigenvalue weighted by Crippen LogP contribution is 2.52. The summed E-state index contributed by atoms with van der Waals surface area (Å²) in [5.41, 5.74) is 0.912. The zero-order valence-electron chi connectivity index (χ0n) is 13.2. The second-order valence-corrected chi connectivity index (χ2v) is 7.64. The molecular formula is C17H23BrN2O3. The Balaban J connectivity index is 1.83. The van der Waals surface area contributed by atoms with Crippen molar-refractivity contribution in [2.45, 2.75) is 44.1 Å². The molecule has 0 atom stereocenters. The smallest absolute Gasteiger partial charge is 0.329 e. The van der Waals surface area contributed by atoms with Crippen LogP contribution in [0.4, 0.5) is 0 Å². The Labute approximate surface area is 145 Å². The van der Waals surface area contributed by atoms with E-state index in [4.69, 9.17) is 9.84 Å². The van der Waals surface area contributed by atoms with Gasteiger partial charge in [0, 0.05) is 22.4 Å². The van der Waals surface area contributed by atoms with E-state index in [2.05, 4.69) is 26.2 Å². The van der Waals surface area contributed by atoms with Gasteiger partial charge in [0.1, 0.15) is 6.61 Å². The summed E-state index contributed by atoms with van der Waals surface area (Å²) in [6, 6.07) is 1.95. The van der Waals surface area contributed by atoms with Gasteiger partial charge in [-0.3, -0.25) is 4.98 Å². The van der Waals surface area contributed by atoms with Gasteiger partial charge in [-0.1, -0.05) is 0 Å². The maximum atomic E-state index is 11.0. The zero-order valence-corrected chi connectivity index (χ0v) is 14.8. The van der Waals surface area contributed by atoms with Crippen molar-refractivity contribution >= 4 is 21.9 Å². The number of carboxylic acid groups (broad SMARTS) is 1. The first-order chi connectivity index (χ1) is 11.1. The van der Waals surface area contributed by atoms with Gasteiger partial charge in [0.15, 0.2) is 0 Å². The van der Waals surface area contributed by atoms with Crippen LogP contribution in [0.15, 0.2) is 22.9 Å². The minimum absolute atomic E-state index is 0.261. The van der Waals surface area contributed by atoms with Crippen LogP contribution in [-0.4, -0.2) is 35.8 Å². The third-order valence-electron chi connectivity index (χ3n) is 5.52. The van der Waals surface area contributed by atoms with E-state index in [1.54, 1.807) is 12.4 Å². The lowest BCUT2D eigenvalue weighted by Gasteiger charge is -2.48. The van der Waals surface area contributed by atoms with Crippen LogP contribution in [0.5, 0.6) is 0 Å². The number of carbonyl (C=O) groups is 1. The largest absolute Gasteiger partial charge is 0.480 e. The highest BCUT2D eigenvalue weighted by Gasteiger charge is 2.45. The zero-order chi connectivity index (χ0) is 16.3. The fourth-order valence-electron chi connectivity index (χ4n) is 4.08. The molecule has 2 aliphatic rings. The summed E-state index contributed by atoms with van der Waals surface area (Å²) >= 11 is 3.56.